The van der Waals surface area contributed by atoms with Crippen LogP contribution in [0.5, 0.6) is 0 Å². The van der Waals surface area contributed by atoms with Gasteiger partial charge in [-0.2, -0.15) is 0 Å². The normalized spacial score (nSPS) is 21.0. The second-order valence-corrected chi connectivity index (χ2v) is 5.93. The second-order valence-electron chi connectivity index (χ2n) is 5.93. The fourth-order valence-corrected chi connectivity index (χ4v) is 2.61. The first-order chi connectivity index (χ1) is 11.0. The third kappa shape index (κ3) is 3.61. The molecule has 0 aliphatic carbocycles. The van der Waals surface area contributed by atoms with Crippen LogP contribution in [-0.4, -0.2) is 49.3 Å². The summed E-state index contributed by atoms with van der Waals surface area (Å²) in [5.74, 6) is -0.762. The van der Waals surface area contributed by atoms with Gasteiger partial charge in [0.1, 0.15) is 5.82 Å². The minimum Gasteiger partial charge on any atom is -0.441 e. The van der Waals surface area contributed by atoms with Gasteiger partial charge in [0.15, 0.2) is 6.10 Å². The van der Waals surface area contributed by atoms with Crippen LogP contribution >= 0.6 is 0 Å². The van der Waals surface area contributed by atoms with Crippen LogP contribution in [0.2, 0.25) is 0 Å². The number of aryl methyl sites for hydroxylation is 1. The van der Waals surface area contributed by atoms with E-state index in [1.54, 1.807) is 17.9 Å². The fraction of sp³-hybridized carbons (Fsp3) is 0.500. The molecule has 0 radical (unpaired) electrons. The van der Waals surface area contributed by atoms with Crippen molar-refractivity contribution in [3.8, 4) is 0 Å². The Morgan fingerprint density at radius 2 is 2.17 bits per heavy atom. The summed E-state index contributed by atoms with van der Waals surface area (Å²) in [5, 5.41) is 2.77. The van der Waals surface area contributed by atoms with Gasteiger partial charge in [0, 0.05) is 18.8 Å². The first-order valence-electron chi connectivity index (χ1n) is 7.63. The highest BCUT2D eigenvalue weighted by atomic mass is 19.1. The number of hydrogen-bond donors (Lipinski definition) is 1. The molecular formula is C16H19FN2O4. The number of nitrogens with zero attached hydrogens (tertiary/aromatic N) is 1. The summed E-state index contributed by atoms with van der Waals surface area (Å²) in [7, 11) is 0. The van der Waals surface area contributed by atoms with E-state index < -0.39 is 6.09 Å². The smallest absolute Gasteiger partial charge is 0.410 e. The van der Waals surface area contributed by atoms with Crippen molar-refractivity contribution < 1.29 is 23.5 Å². The van der Waals surface area contributed by atoms with E-state index in [4.69, 9.17) is 9.47 Å². The third-order valence-corrected chi connectivity index (χ3v) is 4.12. The summed E-state index contributed by atoms with van der Waals surface area (Å²) in [6.45, 7) is 3.34. The predicted octanol–water partition coefficient (Wildman–Crippen LogP) is 1.93. The molecule has 2 saturated heterocycles. The Hall–Kier alpha value is -2.15. The molecule has 3 rings (SSSR count). The lowest BCUT2D eigenvalue weighted by atomic mass is 10.1. The molecule has 1 aromatic carbocycles. The van der Waals surface area contributed by atoms with Gasteiger partial charge in [0.2, 0.25) is 5.91 Å². The fourth-order valence-electron chi connectivity index (χ4n) is 2.61. The second kappa shape index (κ2) is 6.54. The zero-order valence-corrected chi connectivity index (χ0v) is 12.9. The van der Waals surface area contributed by atoms with E-state index in [9.17, 15) is 14.0 Å². The molecule has 2 heterocycles. The lowest BCUT2D eigenvalue weighted by molar-refractivity contribution is -0.119. The molecule has 0 bridgehead atoms. The lowest BCUT2D eigenvalue weighted by Gasteiger charge is -2.27. The SMILES string of the molecule is Cc1cc(NC(=O)[C@H]2CCN(C(=O)OC3COC3)C2)ccc1F. The molecule has 6 nitrogen and oxygen atoms in total. The van der Waals surface area contributed by atoms with E-state index in [1.807, 2.05) is 0 Å². The predicted molar refractivity (Wildman–Crippen MR) is 80.5 cm³/mol. The maximum atomic E-state index is 13.2. The third-order valence-electron chi connectivity index (χ3n) is 4.12. The van der Waals surface area contributed by atoms with Crippen molar-refractivity contribution in [1.82, 2.24) is 4.90 Å². The van der Waals surface area contributed by atoms with Crippen LogP contribution in [0.3, 0.4) is 0 Å². The topological polar surface area (TPSA) is 67.9 Å². The zero-order chi connectivity index (χ0) is 16.4. The summed E-state index contributed by atoms with van der Waals surface area (Å²) < 4.78 is 23.4. The zero-order valence-electron chi connectivity index (χ0n) is 12.9. The maximum Gasteiger partial charge on any atom is 0.410 e. The van der Waals surface area contributed by atoms with E-state index >= 15 is 0 Å². The van der Waals surface area contributed by atoms with Gasteiger partial charge in [-0.05, 0) is 37.1 Å². The number of benzene rings is 1. The Labute approximate surface area is 133 Å². The monoisotopic (exact) mass is 322 g/mol. The Balaban J connectivity index is 1.52. The largest absolute Gasteiger partial charge is 0.441 e. The highest BCUT2D eigenvalue weighted by molar-refractivity contribution is 5.93. The highest BCUT2D eigenvalue weighted by Crippen LogP contribution is 2.21. The number of halogens is 1. The molecule has 0 saturated carbocycles. The molecule has 2 aliphatic heterocycles. The van der Waals surface area contributed by atoms with Gasteiger partial charge >= 0.3 is 6.09 Å². The molecule has 23 heavy (non-hydrogen) atoms. The molecular weight excluding hydrogens is 303 g/mol. The van der Waals surface area contributed by atoms with Gasteiger partial charge in [0.05, 0.1) is 19.1 Å². The first kappa shape index (κ1) is 15.7. The lowest BCUT2D eigenvalue weighted by Crippen LogP contribution is -2.42. The number of nitrogens with one attached hydrogen (secondary N) is 1. The number of ether oxygens (including phenoxy) is 2. The van der Waals surface area contributed by atoms with E-state index in [0.717, 1.165) is 0 Å². The number of carbonyl (C=O) groups excluding carboxylic acids is 2. The average Bonchev–Trinajstić information content (AvgIpc) is 2.96. The molecule has 0 unspecified atom stereocenters. The Kier molecular flexibility index (Phi) is 4.47. The number of anilines is 1. The number of hydrogen-bond acceptors (Lipinski definition) is 4. The Morgan fingerprint density at radius 1 is 1.39 bits per heavy atom. The van der Waals surface area contributed by atoms with E-state index in [2.05, 4.69) is 5.32 Å². The van der Waals surface area contributed by atoms with Crippen molar-refractivity contribution in [3.63, 3.8) is 0 Å². The van der Waals surface area contributed by atoms with Crippen LogP contribution < -0.4 is 5.32 Å². The Morgan fingerprint density at radius 3 is 2.83 bits per heavy atom. The van der Waals surface area contributed by atoms with Gasteiger partial charge in [-0.1, -0.05) is 0 Å². The molecule has 0 spiro atoms. The maximum absolute atomic E-state index is 13.2. The summed E-state index contributed by atoms with van der Waals surface area (Å²) in [6, 6.07) is 4.44. The van der Waals surface area contributed by atoms with Crippen LogP contribution in [0.15, 0.2) is 18.2 Å². The van der Waals surface area contributed by atoms with Crippen LogP contribution in [0, 0.1) is 18.7 Å². The number of amides is 2. The van der Waals surface area contributed by atoms with Crippen molar-refractivity contribution in [2.45, 2.75) is 19.4 Å². The minimum absolute atomic E-state index is 0.168. The molecule has 0 aromatic heterocycles. The van der Waals surface area contributed by atoms with E-state index in [-0.39, 0.29) is 23.7 Å². The average molecular weight is 322 g/mol. The Bertz CT molecular complexity index is 618. The summed E-state index contributed by atoms with van der Waals surface area (Å²) in [5.41, 5.74) is 1.03. The van der Waals surface area contributed by atoms with Gasteiger partial charge < -0.3 is 19.7 Å². The molecule has 2 aliphatic rings. The van der Waals surface area contributed by atoms with Gasteiger partial charge in [-0.25, -0.2) is 9.18 Å². The van der Waals surface area contributed by atoms with Crippen LogP contribution in [0.25, 0.3) is 0 Å². The van der Waals surface area contributed by atoms with Gasteiger partial charge in [-0.3, -0.25) is 4.79 Å². The molecule has 1 N–H and O–H groups in total. The summed E-state index contributed by atoms with van der Waals surface area (Å²) in [4.78, 5) is 25.7. The van der Waals surface area contributed by atoms with E-state index in [1.165, 1.54) is 12.1 Å². The number of carbonyl (C=O) groups is 2. The van der Waals surface area contributed by atoms with Crippen molar-refractivity contribution in [2.75, 3.05) is 31.6 Å². The van der Waals surface area contributed by atoms with Gasteiger partial charge in [-0.15, -0.1) is 0 Å². The van der Waals surface area contributed by atoms with Gasteiger partial charge in [0.25, 0.3) is 0 Å². The molecule has 2 fully saturated rings. The molecule has 1 atom stereocenters. The number of rotatable bonds is 3. The van der Waals surface area contributed by atoms with Crippen molar-refractivity contribution >= 4 is 17.7 Å². The van der Waals surface area contributed by atoms with Crippen molar-refractivity contribution in [1.29, 1.82) is 0 Å². The van der Waals surface area contributed by atoms with Crippen molar-refractivity contribution in [2.24, 2.45) is 5.92 Å². The minimum atomic E-state index is -0.397. The summed E-state index contributed by atoms with van der Waals surface area (Å²) >= 11 is 0. The standard InChI is InChI=1S/C16H19FN2O4/c1-10-6-12(2-3-14(10)17)18-15(20)11-4-5-19(7-11)16(21)23-13-8-22-9-13/h2-3,6,11,13H,4-5,7-9H2,1H3,(H,18,20)/t11-/m0/s1. The number of likely N-dealkylation sites (tertiary alicyclic amines) is 1. The molecule has 124 valence electrons. The van der Waals surface area contributed by atoms with Crippen LogP contribution in [0.4, 0.5) is 14.9 Å². The quantitative estimate of drug-likeness (QED) is 0.923. The highest BCUT2D eigenvalue weighted by Gasteiger charge is 2.34. The molecule has 1 aromatic rings. The molecule has 7 heteroatoms. The first-order valence-corrected chi connectivity index (χ1v) is 7.63. The van der Waals surface area contributed by atoms with Crippen LogP contribution in [-0.2, 0) is 14.3 Å². The van der Waals surface area contributed by atoms with E-state index in [0.29, 0.717) is 44.0 Å². The van der Waals surface area contributed by atoms with Crippen LogP contribution in [0.1, 0.15) is 12.0 Å². The van der Waals surface area contributed by atoms with Crippen molar-refractivity contribution in [3.05, 3.63) is 29.6 Å². The molecule has 2 amide bonds. The summed E-state index contributed by atoms with van der Waals surface area (Å²) in [6.07, 6.45) is 0.0197.